The molecule has 1 heterocycles. The average molecular weight is 273 g/mol. The van der Waals surface area contributed by atoms with E-state index in [0.29, 0.717) is 6.04 Å². The molecular formula is C16H23N3O. The summed E-state index contributed by atoms with van der Waals surface area (Å²) < 4.78 is 7.66. The van der Waals surface area contributed by atoms with Gasteiger partial charge in [0, 0.05) is 31.5 Å². The van der Waals surface area contributed by atoms with Gasteiger partial charge in [-0.15, -0.1) is 0 Å². The Morgan fingerprint density at radius 3 is 2.75 bits per heavy atom. The van der Waals surface area contributed by atoms with Crippen molar-refractivity contribution in [1.82, 2.24) is 14.9 Å². The van der Waals surface area contributed by atoms with E-state index in [0.717, 1.165) is 31.9 Å². The van der Waals surface area contributed by atoms with Crippen LogP contribution < -0.4 is 10.1 Å². The molecule has 0 aliphatic heterocycles. The molecule has 0 aliphatic carbocycles. The summed E-state index contributed by atoms with van der Waals surface area (Å²) in [7, 11) is 0. The lowest BCUT2D eigenvalue weighted by molar-refractivity contribution is 0.317. The lowest BCUT2D eigenvalue weighted by Crippen LogP contribution is -2.29. The third kappa shape index (κ3) is 4.70. The van der Waals surface area contributed by atoms with Gasteiger partial charge in [0.05, 0.1) is 12.9 Å². The van der Waals surface area contributed by atoms with Gasteiger partial charge in [0.25, 0.3) is 0 Å². The molecule has 1 N–H and O–H groups in total. The highest BCUT2D eigenvalue weighted by Gasteiger charge is 2.02. The summed E-state index contributed by atoms with van der Waals surface area (Å²) in [4.78, 5) is 4.05. The van der Waals surface area contributed by atoms with Crippen molar-refractivity contribution >= 4 is 0 Å². The zero-order valence-corrected chi connectivity index (χ0v) is 12.2. The number of nitrogens with zero attached hydrogens (tertiary/aromatic N) is 2. The Balaban J connectivity index is 1.75. The highest BCUT2D eigenvalue weighted by atomic mass is 16.5. The molecule has 0 fully saturated rings. The second-order valence-electron chi connectivity index (χ2n) is 5.03. The molecule has 2 aromatic rings. The molecule has 108 valence electrons. The van der Waals surface area contributed by atoms with Gasteiger partial charge in [-0.05, 0) is 31.0 Å². The fourth-order valence-corrected chi connectivity index (χ4v) is 1.99. The average Bonchev–Trinajstić information content (AvgIpc) is 2.97. The van der Waals surface area contributed by atoms with Crippen molar-refractivity contribution in [3.8, 4) is 5.75 Å². The maximum absolute atomic E-state index is 5.58. The third-order valence-electron chi connectivity index (χ3n) is 3.09. The molecule has 0 bridgehead atoms. The Hall–Kier alpha value is -1.81. The summed E-state index contributed by atoms with van der Waals surface area (Å²) in [6, 6.07) is 8.70. The van der Waals surface area contributed by atoms with Gasteiger partial charge < -0.3 is 14.6 Å². The van der Waals surface area contributed by atoms with Crippen LogP contribution in [0.1, 0.15) is 25.8 Å². The summed E-state index contributed by atoms with van der Waals surface area (Å²) in [5.41, 5.74) is 1.27. The first-order chi connectivity index (χ1) is 9.78. The van der Waals surface area contributed by atoms with Crippen LogP contribution in [0.5, 0.6) is 5.75 Å². The van der Waals surface area contributed by atoms with Crippen LogP contribution in [0.2, 0.25) is 0 Å². The van der Waals surface area contributed by atoms with E-state index < -0.39 is 0 Å². The summed E-state index contributed by atoms with van der Waals surface area (Å²) >= 11 is 0. The first-order valence-corrected chi connectivity index (χ1v) is 7.19. The van der Waals surface area contributed by atoms with E-state index in [1.54, 1.807) is 0 Å². The second kappa shape index (κ2) is 7.70. The molecule has 4 nitrogen and oxygen atoms in total. The topological polar surface area (TPSA) is 39.1 Å². The zero-order valence-electron chi connectivity index (χ0n) is 12.2. The standard InChI is InChI=1S/C16H23N3O/c1-3-10-20-16-6-4-15(5-7-16)11-18-14(2)12-19-9-8-17-13-19/h4-9,13-14,18H,3,10-12H2,1-2H3. The van der Waals surface area contributed by atoms with Gasteiger partial charge in [0.1, 0.15) is 5.75 Å². The fourth-order valence-electron chi connectivity index (χ4n) is 1.99. The van der Waals surface area contributed by atoms with Crippen LogP contribution in [0, 0.1) is 0 Å². The molecule has 4 heteroatoms. The van der Waals surface area contributed by atoms with E-state index >= 15 is 0 Å². The molecule has 20 heavy (non-hydrogen) atoms. The molecule has 1 aromatic carbocycles. The quantitative estimate of drug-likeness (QED) is 0.804. The van der Waals surface area contributed by atoms with E-state index in [1.807, 2.05) is 30.9 Å². The molecule has 1 unspecified atom stereocenters. The monoisotopic (exact) mass is 273 g/mol. The maximum atomic E-state index is 5.58. The molecule has 0 radical (unpaired) electrons. The molecule has 0 aliphatic rings. The van der Waals surface area contributed by atoms with Crippen molar-refractivity contribution in [1.29, 1.82) is 0 Å². The Kier molecular flexibility index (Phi) is 5.62. The minimum atomic E-state index is 0.403. The van der Waals surface area contributed by atoms with E-state index in [9.17, 15) is 0 Å². The predicted octanol–water partition coefficient (Wildman–Crippen LogP) is 2.85. The lowest BCUT2D eigenvalue weighted by atomic mass is 10.2. The van der Waals surface area contributed by atoms with Crippen molar-refractivity contribution in [2.24, 2.45) is 0 Å². The van der Waals surface area contributed by atoms with Crippen LogP contribution >= 0.6 is 0 Å². The minimum Gasteiger partial charge on any atom is -0.494 e. The predicted molar refractivity (Wildman–Crippen MR) is 80.8 cm³/mol. The summed E-state index contributed by atoms with van der Waals surface area (Å²) in [6.45, 7) is 6.86. The van der Waals surface area contributed by atoms with Crippen molar-refractivity contribution in [2.45, 2.75) is 39.4 Å². The lowest BCUT2D eigenvalue weighted by Gasteiger charge is -2.14. The highest BCUT2D eigenvalue weighted by Crippen LogP contribution is 2.12. The van der Waals surface area contributed by atoms with Crippen LogP contribution in [0.15, 0.2) is 43.0 Å². The molecule has 2 rings (SSSR count). The fraction of sp³-hybridized carbons (Fsp3) is 0.438. The van der Waals surface area contributed by atoms with Gasteiger partial charge in [0.2, 0.25) is 0 Å². The molecule has 0 spiro atoms. The van der Waals surface area contributed by atoms with Gasteiger partial charge in [-0.2, -0.15) is 0 Å². The van der Waals surface area contributed by atoms with Crippen LogP contribution in [0.4, 0.5) is 0 Å². The second-order valence-corrected chi connectivity index (χ2v) is 5.03. The normalized spacial score (nSPS) is 12.3. The molecule has 0 saturated heterocycles. The Morgan fingerprint density at radius 2 is 2.10 bits per heavy atom. The summed E-state index contributed by atoms with van der Waals surface area (Å²) in [5.74, 6) is 0.946. The van der Waals surface area contributed by atoms with Crippen LogP contribution in [0.3, 0.4) is 0 Å². The van der Waals surface area contributed by atoms with E-state index in [1.165, 1.54) is 5.56 Å². The van der Waals surface area contributed by atoms with Gasteiger partial charge >= 0.3 is 0 Å². The van der Waals surface area contributed by atoms with Crippen molar-refractivity contribution in [3.63, 3.8) is 0 Å². The van der Waals surface area contributed by atoms with Gasteiger partial charge in [-0.1, -0.05) is 19.1 Å². The molecular weight excluding hydrogens is 250 g/mol. The van der Waals surface area contributed by atoms with Crippen LogP contribution in [0.25, 0.3) is 0 Å². The molecule has 0 amide bonds. The first kappa shape index (κ1) is 14.6. The third-order valence-corrected chi connectivity index (χ3v) is 3.09. The highest BCUT2D eigenvalue weighted by molar-refractivity contribution is 5.27. The van der Waals surface area contributed by atoms with E-state index in [-0.39, 0.29) is 0 Å². The number of hydrogen-bond donors (Lipinski definition) is 1. The smallest absolute Gasteiger partial charge is 0.119 e. The molecule has 0 saturated carbocycles. The van der Waals surface area contributed by atoms with Crippen molar-refractivity contribution < 1.29 is 4.74 Å². The van der Waals surface area contributed by atoms with Gasteiger partial charge in [-0.3, -0.25) is 0 Å². The van der Waals surface area contributed by atoms with Crippen molar-refractivity contribution in [2.75, 3.05) is 6.61 Å². The number of rotatable bonds is 8. The SMILES string of the molecule is CCCOc1ccc(CNC(C)Cn2ccnc2)cc1. The molecule has 1 aromatic heterocycles. The summed E-state index contributed by atoms with van der Waals surface area (Å²) in [6.07, 6.45) is 6.67. The molecule has 1 atom stereocenters. The Labute approximate surface area is 120 Å². The maximum Gasteiger partial charge on any atom is 0.119 e. The largest absolute Gasteiger partial charge is 0.494 e. The van der Waals surface area contributed by atoms with Crippen LogP contribution in [-0.2, 0) is 13.1 Å². The number of hydrogen-bond acceptors (Lipinski definition) is 3. The number of imidazole rings is 1. The summed E-state index contributed by atoms with van der Waals surface area (Å²) in [5, 5.41) is 3.51. The Bertz CT molecular complexity index is 479. The Morgan fingerprint density at radius 1 is 1.30 bits per heavy atom. The zero-order chi connectivity index (χ0) is 14.2. The van der Waals surface area contributed by atoms with E-state index in [4.69, 9.17) is 4.74 Å². The van der Waals surface area contributed by atoms with Gasteiger partial charge in [0.15, 0.2) is 0 Å². The van der Waals surface area contributed by atoms with Crippen molar-refractivity contribution in [3.05, 3.63) is 48.5 Å². The number of benzene rings is 1. The number of ether oxygens (including phenoxy) is 1. The number of aromatic nitrogens is 2. The first-order valence-electron chi connectivity index (χ1n) is 7.19. The van der Waals surface area contributed by atoms with E-state index in [2.05, 4.69) is 40.8 Å². The van der Waals surface area contributed by atoms with Crippen LogP contribution in [-0.4, -0.2) is 22.2 Å². The minimum absolute atomic E-state index is 0.403. The van der Waals surface area contributed by atoms with Gasteiger partial charge in [-0.25, -0.2) is 4.98 Å². The number of nitrogens with one attached hydrogen (secondary N) is 1.